The summed E-state index contributed by atoms with van der Waals surface area (Å²) in [7, 11) is 0. The number of hydrogen-bond acceptors (Lipinski definition) is 5. The van der Waals surface area contributed by atoms with Crippen molar-refractivity contribution < 1.29 is 13.2 Å². The SMILES string of the molecule is CCN1CNNC1[C@@H](C1CCC1)C1CCCC(n2cc3c(C(F)(F)F)cc(CN4CCC[C@H](C)C4)cn3c2=O)C1. The van der Waals surface area contributed by atoms with Crippen LogP contribution in [-0.2, 0) is 12.7 Å². The maximum absolute atomic E-state index is 14.3. The van der Waals surface area contributed by atoms with Crippen LogP contribution in [0.25, 0.3) is 5.52 Å². The third-order valence-electron chi connectivity index (χ3n) is 10.3. The van der Waals surface area contributed by atoms with Gasteiger partial charge in [-0.15, -0.1) is 0 Å². The van der Waals surface area contributed by atoms with Crippen LogP contribution in [0.5, 0.6) is 0 Å². The lowest BCUT2D eigenvalue weighted by atomic mass is 9.65. The van der Waals surface area contributed by atoms with Crippen LogP contribution in [0, 0.1) is 23.7 Å². The molecule has 2 aliphatic carbocycles. The van der Waals surface area contributed by atoms with E-state index in [1.165, 1.54) is 35.9 Å². The molecule has 2 aromatic rings. The van der Waals surface area contributed by atoms with E-state index in [0.29, 0.717) is 35.8 Å². The standard InChI is InChI=1S/C30H45F3N6O/c1-3-37-19-34-35-28(37)27(22-8-4-9-22)23-10-5-11-24(14-23)38-18-26-25(30(31,32)33)13-21(17-39(26)29(38)40)16-36-12-6-7-20(2)15-36/h13,17-18,20,22-24,27-28,34-35H,3-12,14-16,19H2,1-2H3/t20-,23?,24?,27-,28?/m0/s1. The Morgan fingerprint density at radius 2 is 1.82 bits per heavy atom. The molecule has 222 valence electrons. The zero-order chi connectivity index (χ0) is 28.0. The molecule has 0 bridgehead atoms. The average Bonchev–Trinajstić information content (AvgIpc) is 3.49. The molecule has 4 aliphatic rings. The molecule has 10 heteroatoms. The average molecular weight is 563 g/mol. The fourth-order valence-corrected chi connectivity index (χ4v) is 8.14. The second-order valence-corrected chi connectivity index (χ2v) is 13.0. The highest BCUT2D eigenvalue weighted by molar-refractivity contribution is 5.56. The maximum Gasteiger partial charge on any atom is 0.418 e. The smallest absolute Gasteiger partial charge is 0.299 e. The molecule has 40 heavy (non-hydrogen) atoms. The topological polar surface area (TPSA) is 56.9 Å². The summed E-state index contributed by atoms with van der Waals surface area (Å²) < 4.78 is 45.8. The van der Waals surface area contributed by atoms with Gasteiger partial charge in [0.2, 0.25) is 0 Å². The number of piperidine rings is 1. The van der Waals surface area contributed by atoms with Crippen LogP contribution in [-0.4, -0.2) is 51.2 Å². The summed E-state index contributed by atoms with van der Waals surface area (Å²) in [6, 6.07) is 1.19. The van der Waals surface area contributed by atoms with E-state index in [0.717, 1.165) is 64.8 Å². The van der Waals surface area contributed by atoms with Crippen molar-refractivity contribution in [3.8, 4) is 0 Å². The first-order valence-electron chi connectivity index (χ1n) is 15.5. The zero-order valence-corrected chi connectivity index (χ0v) is 23.9. The fourth-order valence-electron chi connectivity index (χ4n) is 8.14. The van der Waals surface area contributed by atoms with Crippen LogP contribution in [0.15, 0.2) is 23.3 Å². The molecule has 4 fully saturated rings. The van der Waals surface area contributed by atoms with E-state index in [1.54, 1.807) is 10.8 Å². The molecule has 3 unspecified atom stereocenters. The summed E-state index contributed by atoms with van der Waals surface area (Å²) in [5.74, 6) is 2.11. The van der Waals surface area contributed by atoms with Gasteiger partial charge in [-0.05, 0) is 80.5 Å². The monoisotopic (exact) mass is 562 g/mol. The van der Waals surface area contributed by atoms with Crippen molar-refractivity contribution in [3.63, 3.8) is 0 Å². The normalized spacial score (nSPS) is 30.1. The molecule has 5 atom stereocenters. The Morgan fingerprint density at radius 1 is 1.05 bits per heavy atom. The number of fused-ring (bicyclic) bond motifs is 1. The number of rotatable bonds is 7. The molecular weight excluding hydrogens is 517 g/mol. The van der Waals surface area contributed by atoms with E-state index < -0.39 is 11.7 Å². The molecule has 0 aromatic carbocycles. The van der Waals surface area contributed by atoms with Gasteiger partial charge >= 0.3 is 11.9 Å². The van der Waals surface area contributed by atoms with Crippen LogP contribution in [0.2, 0.25) is 0 Å². The van der Waals surface area contributed by atoms with Crippen LogP contribution in [0.4, 0.5) is 13.2 Å². The van der Waals surface area contributed by atoms with Gasteiger partial charge in [-0.25, -0.2) is 15.6 Å². The number of alkyl halides is 3. The molecule has 2 saturated heterocycles. The van der Waals surface area contributed by atoms with Crippen molar-refractivity contribution in [2.24, 2.45) is 23.7 Å². The number of halogens is 3. The summed E-state index contributed by atoms with van der Waals surface area (Å²) >= 11 is 0. The molecule has 0 spiro atoms. The first-order chi connectivity index (χ1) is 19.2. The van der Waals surface area contributed by atoms with Crippen LogP contribution < -0.4 is 16.5 Å². The minimum Gasteiger partial charge on any atom is -0.299 e. The Balaban J connectivity index is 1.30. The van der Waals surface area contributed by atoms with Gasteiger partial charge in [0.1, 0.15) is 0 Å². The molecule has 6 rings (SSSR count). The number of hydrogen-bond donors (Lipinski definition) is 2. The molecule has 0 radical (unpaired) electrons. The largest absolute Gasteiger partial charge is 0.418 e. The molecule has 2 aliphatic heterocycles. The summed E-state index contributed by atoms with van der Waals surface area (Å²) in [6.07, 6.45) is 8.64. The first kappa shape index (κ1) is 28.2. The van der Waals surface area contributed by atoms with Gasteiger partial charge in [0.05, 0.1) is 23.9 Å². The first-order valence-corrected chi connectivity index (χ1v) is 15.5. The Kier molecular flexibility index (Phi) is 8.07. The van der Waals surface area contributed by atoms with Crippen LogP contribution >= 0.6 is 0 Å². The number of likely N-dealkylation sites (tertiary alicyclic amines) is 1. The van der Waals surface area contributed by atoms with Gasteiger partial charge in [0, 0.05) is 31.5 Å². The predicted molar refractivity (Wildman–Crippen MR) is 149 cm³/mol. The van der Waals surface area contributed by atoms with Crippen LogP contribution in [0.3, 0.4) is 0 Å². The highest BCUT2D eigenvalue weighted by Crippen LogP contribution is 2.47. The van der Waals surface area contributed by atoms with Gasteiger partial charge in [-0.1, -0.05) is 39.5 Å². The highest BCUT2D eigenvalue weighted by atomic mass is 19.4. The quantitative estimate of drug-likeness (QED) is 0.485. The molecule has 7 nitrogen and oxygen atoms in total. The highest BCUT2D eigenvalue weighted by Gasteiger charge is 2.44. The number of imidazole rings is 1. The van der Waals surface area contributed by atoms with Crippen molar-refractivity contribution in [2.45, 2.75) is 96.6 Å². The van der Waals surface area contributed by atoms with E-state index in [1.807, 2.05) is 0 Å². The fraction of sp³-hybridized carbons (Fsp3) is 0.767. The molecule has 4 heterocycles. The van der Waals surface area contributed by atoms with Crippen molar-refractivity contribution in [1.82, 2.24) is 29.6 Å². The summed E-state index contributed by atoms with van der Waals surface area (Å²) in [4.78, 5) is 18.4. The van der Waals surface area contributed by atoms with E-state index >= 15 is 0 Å². The molecule has 2 saturated carbocycles. The third-order valence-corrected chi connectivity index (χ3v) is 10.3. The lowest BCUT2D eigenvalue weighted by molar-refractivity contribution is -0.136. The van der Waals surface area contributed by atoms with E-state index in [9.17, 15) is 18.0 Å². The summed E-state index contributed by atoms with van der Waals surface area (Å²) in [6.45, 7) is 8.36. The maximum atomic E-state index is 14.3. The Hall–Kier alpha value is -1.88. The van der Waals surface area contributed by atoms with Gasteiger partial charge in [-0.2, -0.15) is 13.2 Å². The number of nitrogens with one attached hydrogen (secondary N) is 2. The third kappa shape index (κ3) is 5.49. The van der Waals surface area contributed by atoms with Crippen molar-refractivity contribution in [2.75, 3.05) is 26.3 Å². The van der Waals surface area contributed by atoms with Crippen molar-refractivity contribution >= 4 is 5.52 Å². The predicted octanol–water partition coefficient (Wildman–Crippen LogP) is 5.21. The summed E-state index contributed by atoms with van der Waals surface area (Å²) in [5.41, 5.74) is 6.35. The number of pyridine rings is 1. The Bertz CT molecular complexity index is 1240. The summed E-state index contributed by atoms with van der Waals surface area (Å²) in [5, 5.41) is 0. The van der Waals surface area contributed by atoms with E-state index in [2.05, 4.69) is 34.5 Å². The zero-order valence-electron chi connectivity index (χ0n) is 23.9. The lowest BCUT2D eigenvalue weighted by Gasteiger charge is -2.46. The molecule has 0 amide bonds. The second-order valence-electron chi connectivity index (χ2n) is 13.0. The van der Waals surface area contributed by atoms with E-state index in [-0.39, 0.29) is 23.4 Å². The van der Waals surface area contributed by atoms with Crippen molar-refractivity contribution in [3.05, 3.63) is 40.1 Å². The van der Waals surface area contributed by atoms with Gasteiger partial charge in [-0.3, -0.25) is 18.8 Å². The van der Waals surface area contributed by atoms with Gasteiger partial charge < -0.3 is 0 Å². The van der Waals surface area contributed by atoms with Crippen molar-refractivity contribution in [1.29, 1.82) is 0 Å². The Labute approximate surface area is 235 Å². The van der Waals surface area contributed by atoms with Gasteiger partial charge in [0.15, 0.2) is 0 Å². The number of hydrazine groups is 1. The Morgan fingerprint density at radius 3 is 2.52 bits per heavy atom. The lowest BCUT2D eigenvalue weighted by Crippen LogP contribution is -2.51. The van der Waals surface area contributed by atoms with E-state index in [4.69, 9.17) is 0 Å². The van der Waals surface area contributed by atoms with Crippen LogP contribution in [0.1, 0.15) is 88.8 Å². The second kappa shape index (κ2) is 11.4. The molecule has 2 aromatic heterocycles. The molecule has 2 N–H and O–H groups in total. The minimum absolute atomic E-state index is 0.0234. The number of nitrogens with zero attached hydrogens (tertiary/aromatic N) is 4. The molecular formula is C30H45F3N6O. The number of aromatic nitrogens is 2. The minimum atomic E-state index is -4.52. The van der Waals surface area contributed by atoms with Gasteiger partial charge in [0.25, 0.3) is 0 Å².